The smallest absolute Gasteiger partial charge is 0.179 e. The highest BCUT2D eigenvalue weighted by Gasteiger charge is 2.23. The summed E-state index contributed by atoms with van der Waals surface area (Å²) < 4.78 is 0. The van der Waals surface area contributed by atoms with E-state index in [1.807, 2.05) is 25.1 Å². The van der Waals surface area contributed by atoms with Crippen LogP contribution in [0.15, 0.2) is 18.2 Å². The van der Waals surface area contributed by atoms with Gasteiger partial charge in [0, 0.05) is 5.56 Å². The molecule has 0 saturated carbocycles. The second-order valence-corrected chi connectivity index (χ2v) is 4.31. The van der Waals surface area contributed by atoms with Crippen molar-refractivity contribution in [2.24, 2.45) is 0 Å². The highest BCUT2D eigenvalue weighted by molar-refractivity contribution is 6.00. The van der Waals surface area contributed by atoms with E-state index in [0.29, 0.717) is 0 Å². The van der Waals surface area contributed by atoms with Crippen molar-refractivity contribution in [1.82, 2.24) is 5.32 Å². The van der Waals surface area contributed by atoms with Crippen molar-refractivity contribution in [3.05, 3.63) is 34.9 Å². The summed E-state index contributed by atoms with van der Waals surface area (Å²) in [7, 11) is 0. The zero-order valence-corrected chi connectivity index (χ0v) is 9.34. The lowest BCUT2D eigenvalue weighted by molar-refractivity contribution is 0.0952. The summed E-state index contributed by atoms with van der Waals surface area (Å²) in [4.78, 5) is 12.0. The molecule has 1 fully saturated rings. The summed E-state index contributed by atoms with van der Waals surface area (Å²) >= 11 is 0. The standard InChI is InChI=1S/C13H17NO/c1-9-5-6-11(8-10(9)2)13(15)12-4-3-7-14-12/h5-6,8,12,14H,3-4,7H2,1-2H3/t12-/m1/s1. The van der Waals surface area contributed by atoms with E-state index in [1.54, 1.807) is 0 Å². The Morgan fingerprint density at radius 2 is 2.13 bits per heavy atom. The third kappa shape index (κ3) is 2.10. The van der Waals surface area contributed by atoms with Gasteiger partial charge in [-0.2, -0.15) is 0 Å². The second-order valence-electron chi connectivity index (χ2n) is 4.31. The van der Waals surface area contributed by atoms with E-state index in [0.717, 1.165) is 24.9 Å². The summed E-state index contributed by atoms with van der Waals surface area (Å²) in [5.74, 6) is 0.246. The predicted octanol–water partition coefficient (Wildman–Crippen LogP) is 2.24. The lowest BCUT2D eigenvalue weighted by Crippen LogP contribution is -2.30. The van der Waals surface area contributed by atoms with Gasteiger partial charge in [0.15, 0.2) is 5.78 Å². The molecule has 1 heterocycles. The molecule has 0 unspecified atom stereocenters. The van der Waals surface area contributed by atoms with Crippen molar-refractivity contribution in [3.8, 4) is 0 Å². The van der Waals surface area contributed by atoms with E-state index in [1.165, 1.54) is 11.1 Å². The van der Waals surface area contributed by atoms with E-state index in [-0.39, 0.29) is 11.8 Å². The van der Waals surface area contributed by atoms with Gasteiger partial charge in [-0.25, -0.2) is 0 Å². The van der Waals surface area contributed by atoms with Crippen molar-refractivity contribution in [2.75, 3.05) is 6.54 Å². The molecule has 1 aliphatic rings. The van der Waals surface area contributed by atoms with Gasteiger partial charge < -0.3 is 5.32 Å². The molecule has 2 nitrogen and oxygen atoms in total. The fraction of sp³-hybridized carbons (Fsp3) is 0.462. The molecule has 1 aromatic rings. The maximum atomic E-state index is 12.0. The number of nitrogens with one attached hydrogen (secondary N) is 1. The normalized spacial score (nSPS) is 20.5. The topological polar surface area (TPSA) is 29.1 Å². The molecule has 0 radical (unpaired) electrons. The van der Waals surface area contributed by atoms with Gasteiger partial charge in [0.25, 0.3) is 0 Å². The molecule has 1 aliphatic heterocycles. The number of hydrogen-bond donors (Lipinski definition) is 1. The number of ketones is 1. The van der Waals surface area contributed by atoms with E-state index in [2.05, 4.69) is 12.2 Å². The van der Waals surface area contributed by atoms with E-state index in [9.17, 15) is 4.79 Å². The van der Waals surface area contributed by atoms with Gasteiger partial charge in [0.1, 0.15) is 0 Å². The fourth-order valence-corrected chi connectivity index (χ4v) is 2.00. The summed E-state index contributed by atoms with van der Waals surface area (Å²) in [6.45, 7) is 5.09. The molecule has 0 amide bonds. The van der Waals surface area contributed by atoms with E-state index < -0.39 is 0 Å². The molecule has 0 spiro atoms. The zero-order valence-electron chi connectivity index (χ0n) is 9.34. The fourth-order valence-electron chi connectivity index (χ4n) is 2.00. The summed E-state index contributed by atoms with van der Waals surface area (Å²) in [6, 6.07) is 6.01. The molecule has 2 rings (SSSR count). The molecule has 0 aromatic heterocycles. The van der Waals surface area contributed by atoms with Crippen LogP contribution in [0.2, 0.25) is 0 Å². The summed E-state index contributed by atoms with van der Waals surface area (Å²) in [5.41, 5.74) is 3.28. The highest BCUT2D eigenvalue weighted by Crippen LogP contribution is 2.15. The molecule has 0 aliphatic carbocycles. The average Bonchev–Trinajstić information content (AvgIpc) is 2.74. The number of Topliss-reactive ketones (excluding diaryl/α,β-unsaturated/α-hetero) is 1. The Labute approximate surface area is 90.7 Å². The Bertz CT molecular complexity index is 378. The van der Waals surface area contributed by atoms with Crippen LogP contribution < -0.4 is 5.32 Å². The van der Waals surface area contributed by atoms with Crippen LogP contribution in [0.4, 0.5) is 0 Å². The molecule has 1 aromatic carbocycles. The van der Waals surface area contributed by atoms with Crippen molar-refractivity contribution in [1.29, 1.82) is 0 Å². The Hall–Kier alpha value is -1.15. The molecule has 1 N–H and O–H groups in total. The largest absolute Gasteiger partial charge is 0.307 e. The lowest BCUT2D eigenvalue weighted by atomic mass is 9.99. The van der Waals surface area contributed by atoms with Crippen LogP contribution in [0, 0.1) is 13.8 Å². The minimum absolute atomic E-state index is 0.0482. The van der Waals surface area contributed by atoms with Crippen molar-refractivity contribution in [3.63, 3.8) is 0 Å². The Balaban J connectivity index is 2.21. The summed E-state index contributed by atoms with van der Waals surface area (Å²) in [6.07, 6.45) is 2.09. The minimum Gasteiger partial charge on any atom is -0.307 e. The molecule has 1 saturated heterocycles. The zero-order chi connectivity index (χ0) is 10.8. The summed E-state index contributed by atoms with van der Waals surface area (Å²) in [5, 5.41) is 3.24. The SMILES string of the molecule is Cc1ccc(C(=O)[C@H]2CCCN2)cc1C. The van der Waals surface area contributed by atoms with Gasteiger partial charge in [-0.05, 0) is 50.4 Å². The van der Waals surface area contributed by atoms with Crippen LogP contribution in [0.3, 0.4) is 0 Å². The number of rotatable bonds is 2. The van der Waals surface area contributed by atoms with Crippen molar-refractivity contribution in [2.45, 2.75) is 32.7 Å². The minimum atomic E-state index is 0.0482. The molecule has 15 heavy (non-hydrogen) atoms. The van der Waals surface area contributed by atoms with Crippen LogP contribution in [0.5, 0.6) is 0 Å². The number of aryl methyl sites for hydroxylation is 2. The van der Waals surface area contributed by atoms with Crippen molar-refractivity contribution >= 4 is 5.78 Å². The third-order valence-corrected chi connectivity index (χ3v) is 3.17. The Morgan fingerprint density at radius 3 is 2.73 bits per heavy atom. The number of carbonyl (C=O) groups excluding carboxylic acids is 1. The molecule has 80 valence electrons. The maximum absolute atomic E-state index is 12.0. The first-order chi connectivity index (χ1) is 7.18. The first kappa shape index (κ1) is 10.4. The van der Waals surface area contributed by atoms with Crippen LogP contribution in [0.25, 0.3) is 0 Å². The van der Waals surface area contributed by atoms with Gasteiger partial charge in [-0.15, -0.1) is 0 Å². The lowest BCUT2D eigenvalue weighted by Gasteiger charge is -2.10. The maximum Gasteiger partial charge on any atom is 0.179 e. The van der Waals surface area contributed by atoms with E-state index >= 15 is 0 Å². The van der Waals surface area contributed by atoms with Crippen molar-refractivity contribution < 1.29 is 4.79 Å². The number of carbonyl (C=O) groups is 1. The van der Waals surface area contributed by atoms with Gasteiger partial charge in [-0.3, -0.25) is 4.79 Å². The molecular formula is C13H17NO. The second kappa shape index (κ2) is 4.15. The van der Waals surface area contributed by atoms with Gasteiger partial charge in [0.2, 0.25) is 0 Å². The third-order valence-electron chi connectivity index (χ3n) is 3.17. The quantitative estimate of drug-likeness (QED) is 0.747. The average molecular weight is 203 g/mol. The predicted molar refractivity (Wildman–Crippen MR) is 61.3 cm³/mol. The first-order valence-corrected chi connectivity index (χ1v) is 5.53. The Morgan fingerprint density at radius 1 is 1.33 bits per heavy atom. The number of hydrogen-bond acceptors (Lipinski definition) is 2. The molecule has 1 atom stereocenters. The first-order valence-electron chi connectivity index (χ1n) is 5.53. The van der Waals surface area contributed by atoms with Crippen LogP contribution in [0.1, 0.15) is 34.3 Å². The number of benzene rings is 1. The van der Waals surface area contributed by atoms with E-state index in [4.69, 9.17) is 0 Å². The van der Waals surface area contributed by atoms with Gasteiger partial charge in [-0.1, -0.05) is 12.1 Å². The van der Waals surface area contributed by atoms with Crippen LogP contribution in [-0.4, -0.2) is 18.4 Å². The van der Waals surface area contributed by atoms with Gasteiger partial charge in [0.05, 0.1) is 6.04 Å². The highest BCUT2D eigenvalue weighted by atomic mass is 16.1. The van der Waals surface area contributed by atoms with Crippen LogP contribution in [-0.2, 0) is 0 Å². The van der Waals surface area contributed by atoms with Gasteiger partial charge >= 0.3 is 0 Å². The monoisotopic (exact) mass is 203 g/mol. The van der Waals surface area contributed by atoms with Crippen LogP contribution >= 0.6 is 0 Å². The molecule has 0 bridgehead atoms. The Kier molecular flexibility index (Phi) is 2.87. The molecular weight excluding hydrogens is 186 g/mol. The molecule has 2 heteroatoms.